The van der Waals surface area contributed by atoms with E-state index in [1.54, 1.807) is 0 Å². The lowest BCUT2D eigenvalue weighted by atomic mass is 9.47. The van der Waals surface area contributed by atoms with Crippen LogP contribution in [0.25, 0.3) is 0 Å². The maximum atomic E-state index is 5.83. The van der Waals surface area contributed by atoms with E-state index in [1.165, 1.54) is 25.7 Å². The van der Waals surface area contributed by atoms with Gasteiger partial charge in [0.2, 0.25) is 5.79 Å². The molecule has 0 aromatic carbocycles. The highest BCUT2D eigenvalue weighted by Gasteiger charge is 2.61. The molecule has 0 aromatic rings. The zero-order valence-electron chi connectivity index (χ0n) is 12.1. The van der Waals surface area contributed by atoms with Gasteiger partial charge in [0.15, 0.2) is 6.79 Å². The van der Waals surface area contributed by atoms with Crippen LogP contribution in [0.15, 0.2) is 0 Å². The van der Waals surface area contributed by atoms with E-state index in [1.807, 2.05) is 0 Å². The Morgan fingerprint density at radius 2 is 1.83 bits per heavy atom. The first-order valence-electron chi connectivity index (χ1n) is 7.35. The minimum Gasteiger partial charge on any atom is -0.317 e. The Balaban J connectivity index is 1.93. The van der Waals surface area contributed by atoms with E-state index < -0.39 is 5.79 Å². The summed E-state index contributed by atoms with van der Waals surface area (Å²) >= 11 is 0. The minimum absolute atomic E-state index is 0.286. The topological polar surface area (TPSA) is 27.7 Å². The van der Waals surface area contributed by atoms with Crippen LogP contribution in [0.4, 0.5) is 0 Å². The lowest BCUT2D eigenvalue weighted by Gasteiger charge is -2.59. The normalized spacial score (nSPS) is 51.3. The second-order valence-corrected chi connectivity index (χ2v) is 7.44. The Bertz CT molecular complexity index is 333. The van der Waals surface area contributed by atoms with Gasteiger partial charge in [-0.25, -0.2) is 4.89 Å². The fraction of sp³-hybridized carbons (Fsp3) is 1.00. The Hall–Kier alpha value is -0.120. The van der Waals surface area contributed by atoms with E-state index in [-0.39, 0.29) is 6.79 Å². The van der Waals surface area contributed by atoms with Gasteiger partial charge in [0, 0.05) is 12.3 Å². The zero-order valence-corrected chi connectivity index (χ0v) is 12.1. The molecule has 3 rings (SSSR count). The van der Waals surface area contributed by atoms with Gasteiger partial charge in [-0.05, 0) is 36.0 Å². The summed E-state index contributed by atoms with van der Waals surface area (Å²) in [5.74, 6) is 0.691. The van der Waals surface area contributed by atoms with Crippen molar-refractivity contribution in [2.45, 2.75) is 65.6 Å². The minimum atomic E-state index is -0.474. The molecule has 104 valence electrons. The van der Waals surface area contributed by atoms with Crippen molar-refractivity contribution >= 4 is 0 Å². The average Bonchev–Trinajstić information content (AvgIpc) is 2.74. The van der Waals surface area contributed by atoms with Crippen LogP contribution in [-0.4, -0.2) is 12.6 Å². The Kier molecular flexibility index (Phi) is 2.82. The van der Waals surface area contributed by atoms with Crippen molar-refractivity contribution in [2.24, 2.45) is 22.7 Å². The molecule has 0 aromatic heterocycles. The number of hydrogen-bond acceptors (Lipinski definition) is 3. The van der Waals surface area contributed by atoms with Gasteiger partial charge in [-0.15, -0.1) is 0 Å². The van der Waals surface area contributed by atoms with Crippen molar-refractivity contribution in [3.8, 4) is 0 Å². The highest BCUT2D eigenvalue weighted by Crippen LogP contribution is 2.63. The molecule has 1 aliphatic heterocycles. The molecular formula is C15H26O3. The van der Waals surface area contributed by atoms with Crippen LogP contribution >= 0.6 is 0 Å². The molecule has 3 heteroatoms. The van der Waals surface area contributed by atoms with E-state index in [2.05, 4.69) is 27.7 Å². The highest BCUT2D eigenvalue weighted by molar-refractivity contribution is 5.05. The first-order chi connectivity index (χ1) is 8.41. The average molecular weight is 254 g/mol. The molecule has 2 aliphatic carbocycles. The molecule has 3 aliphatic rings. The predicted octanol–water partition coefficient (Wildman–Crippen LogP) is 3.88. The number of fused-ring (bicyclic) bond motifs is 1. The maximum absolute atomic E-state index is 5.83. The van der Waals surface area contributed by atoms with Crippen LogP contribution in [0.3, 0.4) is 0 Å². The summed E-state index contributed by atoms with van der Waals surface area (Å²) in [5.41, 5.74) is 0.760. The predicted molar refractivity (Wildman–Crippen MR) is 68.5 cm³/mol. The molecule has 0 radical (unpaired) electrons. The van der Waals surface area contributed by atoms with Crippen LogP contribution in [-0.2, 0) is 14.5 Å². The smallest absolute Gasteiger partial charge is 0.207 e. The quantitative estimate of drug-likeness (QED) is 0.614. The highest BCUT2D eigenvalue weighted by atomic mass is 17.3. The van der Waals surface area contributed by atoms with E-state index >= 15 is 0 Å². The largest absolute Gasteiger partial charge is 0.317 e. The lowest BCUT2D eigenvalue weighted by molar-refractivity contribution is -0.363. The fourth-order valence-corrected chi connectivity index (χ4v) is 5.05. The summed E-state index contributed by atoms with van der Waals surface area (Å²) in [5, 5.41) is 0. The number of ether oxygens (including phenoxy) is 1. The van der Waals surface area contributed by atoms with Gasteiger partial charge in [-0.3, -0.25) is 0 Å². The van der Waals surface area contributed by atoms with Gasteiger partial charge >= 0.3 is 0 Å². The zero-order chi connectivity index (χ0) is 13.0. The lowest BCUT2D eigenvalue weighted by Crippen LogP contribution is -2.58. The number of rotatable bonds is 0. The standard InChI is InChI=1S/C15H26O3/c1-11-14(4)8-5-7-13(2,3)12(14)6-9-15(11)16-10-17-18-15/h11-12H,5-10H2,1-4H3/t11?,12-,14+,15?/m0/s1. The Labute approximate surface area is 110 Å². The molecule has 0 amide bonds. The molecule has 18 heavy (non-hydrogen) atoms. The fourth-order valence-electron chi connectivity index (χ4n) is 5.05. The summed E-state index contributed by atoms with van der Waals surface area (Å²) in [6, 6.07) is 0. The Morgan fingerprint density at radius 3 is 2.50 bits per heavy atom. The summed E-state index contributed by atoms with van der Waals surface area (Å²) in [4.78, 5) is 10.6. The molecule has 0 N–H and O–H groups in total. The molecule has 1 spiro atoms. The first kappa shape index (κ1) is 12.9. The third kappa shape index (κ3) is 1.60. The SMILES string of the molecule is CC1C2(CC[C@H]3C(C)(C)CCC[C@]13C)OCOO2. The van der Waals surface area contributed by atoms with Crippen molar-refractivity contribution < 1.29 is 14.5 Å². The Morgan fingerprint density at radius 1 is 1.06 bits per heavy atom. The van der Waals surface area contributed by atoms with Crippen LogP contribution in [0.5, 0.6) is 0 Å². The van der Waals surface area contributed by atoms with Crippen molar-refractivity contribution in [1.82, 2.24) is 0 Å². The monoisotopic (exact) mass is 254 g/mol. The maximum Gasteiger partial charge on any atom is 0.207 e. The molecule has 3 fully saturated rings. The molecule has 1 saturated heterocycles. The van der Waals surface area contributed by atoms with Crippen molar-refractivity contribution in [3.63, 3.8) is 0 Å². The van der Waals surface area contributed by atoms with E-state index in [4.69, 9.17) is 14.5 Å². The van der Waals surface area contributed by atoms with E-state index in [0.29, 0.717) is 16.7 Å². The molecule has 3 nitrogen and oxygen atoms in total. The second kappa shape index (κ2) is 3.94. The van der Waals surface area contributed by atoms with Gasteiger partial charge in [0.1, 0.15) is 0 Å². The number of hydrogen-bond donors (Lipinski definition) is 0. The third-order valence-electron chi connectivity index (χ3n) is 6.26. The third-order valence-corrected chi connectivity index (χ3v) is 6.26. The molecule has 2 unspecified atom stereocenters. The molecule has 0 bridgehead atoms. The van der Waals surface area contributed by atoms with Gasteiger partial charge in [-0.1, -0.05) is 34.1 Å². The van der Waals surface area contributed by atoms with Crippen molar-refractivity contribution in [1.29, 1.82) is 0 Å². The van der Waals surface area contributed by atoms with Crippen LogP contribution in [0, 0.1) is 22.7 Å². The molecule has 1 heterocycles. The van der Waals surface area contributed by atoms with Crippen LogP contribution < -0.4 is 0 Å². The molecule has 2 saturated carbocycles. The van der Waals surface area contributed by atoms with Crippen molar-refractivity contribution in [2.75, 3.05) is 6.79 Å². The van der Waals surface area contributed by atoms with Crippen LogP contribution in [0.2, 0.25) is 0 Å². The first-order valence-corrected chi connectivity index (χ1v) is 7.35. The van der Waals surface area contributed by atoms with Crippen molar-refractivity contribution in [3.05, 3.63) is 0 Å². The van der Waals surface area contributed by atoms with Crippen LogP contribution in [0.1, 0.15) is 59.8 Å². The summed E-state index contributed by atoms with van der Waals surface area (Å²) in [6.45, 7) is 9.89. The summed E-state index contributed by atoms with van der Waals surface area (Å²) in [7, 11) is 0. The van der Waals surface area contributed by atoms with Gasteiger partial charge < -0.3 is 4.74 Å². The second-order valence-electron chi connectivity index (χ2n) is 7.44. The molecule has 4 atom stereocenters. The summed E-state index contributed by atoms with van der Waals surface area (Å²) < 4.78 is 5.83. The summed E-state index contributed by atoms with van der Waals surface area (Å²) in [6.07, 6.45) is 6.12. The van der Waals surface area contributed by atoms with Gasteiger partial charge in [0.05, 0.1) is 0 Å². The van der Waals surface area contributed by atoms with Gasteiger partial charge in [-0.2, -0.15) is 4.89 Å². The van der Waals surface area contributed by atoms with Gasteiger partial charge in [0.25, 0.3) is 0 Å². The van der Waals surface area contributed by atoms with E-state index in [9.17, 15) is 0 Å². The van der Waals surface area contributed by atoms with E-state index in [0.717, 1.165) is 12.3 Å². The molecular weight excluding hydrogens is 228 g/mol.